The van der Waals surface area contributed by atoms with Crippen LogP contribution in [-0.2, 0) is 0 Å². The maximum absolute atomic E-state index is 11.8. The van der Waals surface area contributed by atoms with Gasteiger partial charge in [0.25, 0.3) is 5.91 Å². The molecule has 3 nitrogen and oxygen atoms in total. The van der Waals surface area contributed by atoms with E-state index in [1.165, 1.54) is 0 Å². The van der Waals surface area contributed by atoms with E-state index in [4.69, 9.17) is 0 Å². The van der Waals surface area contributed by atoms with Crippen molar-refractivity contribution in [1.82, 2.24) is 5.32 Å². The summed E-state index contributed by atoms with van der Waals surface area (Å²) in [6.07, 6.45) is 1.60. The molecule has 0 spiro atoms. The van der Waals surface area contributed by atoms with Gasteiger partial charge < -0.3 is 5.32 Å². The Kier molecular flexibility index (Phi) is 3.35. The molecule has 86 valence electrons. The van der Waals surface area contributed by atoms with Crippen LogP contribution in [0.2, 0.25) is 0 Å². The first-order valence-corrected chi connectivity index (χ1v) is 5.96. The fourth-order valence-corrected chi connectivity index (χ4v) is 2.34. The van der Waals surface area contributed by atoms with Crippen molar-refractivity contribution in [2.45, 2.75) is 0 Å². The minimum atomic E-state index is -0.238. The smallest absolute Gasteiger partial charge is 0.261 e. The first-order chi connectivity index (χ1) is 8.22. The van der Waals surface area contributed by atoms with Crippen molar-refractivity contribution in [1.29, 1.82) is 0 Å². The van der Waals surface area contributed by atoms with Crippen molar-refractivity contribution in [2.75, 3.05) is 6.54 Å². The number of fused-ring (bicyclic) bond motifs is 1. The number of benzene rings is 1. The number of carbonyl (C=O) groups is 1. The highest BCUT2D eigenvalue weighted by Crippen LogP contribution is 2.14. The minimum Gasteiger partial charge on any atom is -0.348 e. The molecule has 2 aromatic rings. The summed E-state index contributed by atoms with van der Waals surface area (Å²) in [5, 5.41) is 4.10. The highest BCUT2D eigenvalue weighted by atomic mass is 32.1. The fraction of sp³-hybridized carbons (Fsp3) is 0.0769. The predicted octanol–water partition coefficient (Wildman–Crippen LogP) is 2.18. The Labute approximate surface area is 102 Å². The number of carbonyl (C=O) groups excluding carboxylic acids is 1. The van der Waals surface area contributed by atoms with Gasteiger partial charge in [0.15, 0.2) is 0 Å². The van der Waals surface area contributed by atoms with Crippen LogP contribution >= 0.6 is 11.3 Å². The van der Waals surface area contributed by atoms with Gasteiger partial charge in [-0.2, -0.15) is 0 Å². The molecule has 0 unspecified atom stereocenters. The summed E-state index contributed by atoms with van der Waals surface area (Å²) in [6, 6.07) is 8.99. The molecule has 1 aromatic carbocycles. The van der Waals surface area contributed by atoms with Gasteiger partial charge in [-0.3, -0.25) is 9.59 Å². The largest absolute Gasteiger partial charge is 0.348 e. The van der Waals surface area contributed by atoms with Crippen LogP contribution in [0.4, 0.5) is 0 Å². The van der Waals surface area contributed by atoms with E-state index in [1.807, 2.05) is 18.2 Å². The van der Waals surface area contributed by atoms with Gasteiger partial charge in [-0.1, -0.05) is 35.6 Å². The van der Waals surface area contributed by atoms with Crippen LogP contribution in [0.3, 0.4) is 0 Å². The molecular weight excluding hydrogens is 234 g/mol. The molecule has 1 amide bonds. The van der Waals surface area contributed by atoms with Crippen LogP contribution < -0.4 is 10.1 Å². The second-order valence-corrected chi connectivity index (χ2v) is 4.50. The molecular formula is C13H11NO2S. The molecule has 2 rings (SSSR count). The molecule has 1 N–H and O–H groups in total. The van der Waals surface area contributed by atoms with Crippen molar-refractivity contribution in [3.63, 3.8) is 0 Å². The van der Waals surface area contributed by atoms with E-state index in [2.05, 4.69) is 11.9 Å². The zero-order valence-electron chi connectivity index (χ0n) is 9.10. The predicted molar refractivity (Wildman–Crippen MR) is 70.6 cm³/mol. The van der Waals surface area contributed by atoms with Crippen LogP contribution in [0.25, 0.3) is 10.8 Å². The quantitative estimate of drug-likeness (QED) is 0.842. The summed E-state index contributed by atoms with van der Waals surface area (Å²) >= 11 is 0.963. The Balaban J connectivity index is 2.46. The van der Waals surface area contributed by atoms with Crippen molar-refractivity contribution in [3.8, 4) is 0 Å². The lowest BCUT2D eigenvalue weighted by Crippen LogP contribution is -2.23. The highest BCUT2D eigenvalue weighted by molar-refractivity contribution is 7.12. The van der Waals surface area contributed by atoms with Gasteiger partial charge in [-0.15, -0.1) is 6.58 Å². The maximum atomic E-state index is 11.8. The van der Waals surface area contributed by atoms with E-state index in [0.29, 0.717) is 16.8 Å². The average Bonchev–Trinajstić information content (AvgIpc) is 2.36. The third-order valence-electron chi connectivity index (χ3n) is 2.30. The maximum Gasteiger partial charge on any atom is 0.261 e. The number of hydrogen-bond acceptors (Lipinski definition) is 3. The summed E-state index contributed by atoms with van der Waals surface area (Å²) < 4.78 is -0.0909. The molecule has 0 fully saturated rings. The number of nitrogens with one attached hydrogen (secondary N) is 1. The summed E-state index contributed by atoms with van der Waals surface area (Å²) in [4.78, 5) is 23.9. The normalized spacial score (nSPS) is 10.1. The fourth-order valence-electron chi connectivity index (χ4n) is 1.50. The van der Waals surface area contributed by atoms with Gasteiger partial charge in [0.1, 0.15) is 0 Å². The van der Waals surface area contributed by atoms with Crippen molar-refractivity contribution in [2.24, 2.45) is 0 Å². The first kappa shape index (κ1) is 11.5. The first-order valence-electron chi connectivity index (χ1n) is 5.14. The van der Waals surface area contributed by atoms with Crippen molar-refractivity contribution < 1.29 is 4.79 Å². The molecule has 4 heteroatoms. The standard InChI is InChI=1S/C13H11NO2S/c1-2-7-14-12(15)11-8-9-5-3-4-6-10(9)13(16)17-11/h2-6,8H,1,7H2,(H,14,15). The molecule has 0 aliphatic rings. The van der Waals surface area contributed by atoms with Crippen molar-refractivity contribution >= 4 is 28.0 Å². The average molecular weight is 245 g/mol. The van der Waals surface area contributed by atoms with Crippen LogP contribution in [0.15, 0.2) is 47.8 Å². The van der Waals surface area contributed by atoms with E-state index < -0.39 is 0 Å². The van der Waals surface area contributed by atoms with Crippen LogP contribution in [0, 0.1) is 0 Å². The molecule has 0 aliphatic heterocycles. The molecule has 0 radical (unpaired) electrons. The Morgan fingerprint density at radius 1 is 1.41 bits per heavy atom. The Morgan fingerprint density at radius 2 is 2.18 bits per heavy atom. The zero-order chi connectivity index (χ0) is 12.3. The third-order valence-corrected chi connectivity index (χ3v) is 3.23. The molecule has 1 aromatic heterocycles. The lowest BCUT2D eigenvalue weighted by Gasteiger charge is -2.02. The van der Waals surface area contributed by atoms with Crippen molar-refractivity contribution in [3.05, 3.63) is 57.4 Å². The van der Waals surface area contributed by atoms with Crippen LogP contribution in [0.5, 0.6) is 0 Å². The lowest BCUT2D eigenvalue weighted by molar-refractivity contribution is 0.0962. The zero-order valence-corrected chi connectivity index (χ0v) is 9.92. The van der Waals surface area contributed by atoms with E-state index in [0.717, 1.165) is 16.7 Å². The van der Waals surface area contributed by atoms with Crippen LogP contribution in [0.1, 0.15) is 9.67 Å². The Hall–Kier alpha value is -1.94. The van der Waals surface area contributed by atoms with Gasteiger partial charge in [-0.25, -0.2) is 0 Å². The molecule has 0 bridgehead atoms. The van der Waals surface area contributed by atoms with Gasteiger partial charge >= 0.3 is 0 Å². The van der Waals surface area contributed by atoms with Gasteiger partial charge in [0, 0.05) is 11.9 Å². The summed E-state index contributed by atoms with van der Waals surface area (Å²) in [7, 11) is 0. The Bertz CT molecular complexity index is 631. The molecule has 1 heterocycles. The third kappa shape index (κ3) is 2.42. The molecule has 17 heavy (non-hydrogen) atoms. The Morgan fingerprint density at radius 3 is 2.94 bits per heavy atom. The topological polar surface area (TPSA) is 46.2 Å². The minimum absolute atomic E-state index is 0.0909. The van der Waals surface area contributed by atoms with Gasteiger partial charge in [-0.05, 0) is 17.5 Å². The van der Waals surface area contributed by atoms with E-state index >= 15 is 0 Å². The second-order valence-electron chi connectivity index (χ2n) is 3.48. The SMILES string of the molecule is C=CCNC(=O)c1cc2ccccc2c(=O)s1. The van der Waals surface area contributed by atoms with E-state index in [1.54, 1.807) is 18.2 Å². The van der Waals surface area contributed by atoms with Gasteiger partial charge in [0.2, 0.25) is 4.74 Å². The number of hydrogen-bond donors (Lipinski definition) is 1. The molecule has 0 aliphatic carbocycles. The second kappa shape index (κ2) is 4.93. The molecule has 0 atom stereocenters. The van der Waals surface area contributed by atoms with E-state index in [9.17, 15) is 9.59 Å². The molecule has 0 saturated carbocycles. The van der Waals surface area contributed by atoms with Crippen LogP contribution in [-0.4, -0.2) is 12.5 Å². The van der Waals surface area contributed by atoms with Gasteiger partial charge in [0.05, 0.1) is 4.88 Å². The summed E-state index contributed by atoms with van der Waals surface area (Å²) in [5.41, 5.74) is 0. The lowest BCUT2D eigenvalue weighted by atomic mass is 10.2. The number of rotatable bonds is 3. The summed E-state index contributed by atoms with van der Waals surface area (Å²) in [5.74, 6) is -0.238. The number of amides is 1. The molecule has 0 saturated heterocycles. The monoisotopic (exact) mass is 245 g/mol. The summed E-state index contributed by atoms with van der Waals surface area (Å²) in [6.45, 7) is 3.92. The van der Waals surface area contributed by atoms with E-state index in [-0.39, 0.29) is 10.6 Å². The highest BCUT2D eigenvalue weighted by Gasteiger charge is 2.08.